The zero-order valence-electron chi connectivity index (χ0n) is 37.9. The molecule has 0 bridgehead atoms. The van der Waals surface area contributed by atoms with Crippen LogP contribution in [0, 0.1) is 0 Å². The molecule has 0 spiro atoms. The van der Waals surface area contributed by atoms with Gasteiger partial charge < -0.3 is 9.64 Å². The van der Waals surface area contributed by atoms with Gasteiger partial charge in [0.2, 0.25) is 0 Å². The van der Waals surface area contributed by atoms with Crippen LogP contribution in [0.5, 0.6) is 5.75 Å². The van der Waals surface area contributed by atoms with Crippen LogP contribution in [-0.4, -0.2) is 0 Å². The number of nitrogens with zero attached hydrogens (tertiary/aromatic N) is 1. The van der Waals surface area contributed by atoms with Crippen molar-refractivity contribution in [3.63, 3.8) is 0 Å². The van der Waals surface area contributed by atoms with Crippen LogP contribution < -0.4 is 9.64 Å². The highest BCUT2D eigenvalue weighted by Crippen LogP contribution is 2.57. The zero-order chi connectivity index (χ0) is 44.5. The fourth-order valence-electron chi connectivity index (χ4n) is 10.8. The van der Waals surface area contributed by atoms with Crippen molar-refractivity contribution in [3.05, 3.63) is 275 Å². The van der Waals surface area contributed by atoms with E-state index in [9.17, 15) is 0 Å². The lowest BCUT2D eigenvalue weighted by Crippen LogP contribution is -2.28. The maximum absolute atomic E-state index is 6.53. The summed E-state index contributed by atoms with van der Waals surface area (Å²) in [5.41, 5.74) is 19.8. The minimum absolute atomic E-state index is 0.482. The Morgan fingerprint density at radius 2 is 1.08 bits per heavy atom. The number of hydrogen-bond acceptors (Lipinski definition) is 2. The molecule has 0 saturated heterocycles. The zero-order valence-corrected chi connectivity index (χ0v) is 37.9. The van der Waals surface area contributed by atoms with Gasteiger partial charge in [0.15, 0.2) is 0 Å². The smallest absolute Gasteiger partial charge is 0.119 e. The maximum Gasteiger partial charge on any atom is 0.119 e. The van der Waals surface area contributed by atoms with E-state index in [1.807, 2.05) is 0 Å². The van der Waals surface area contributed by atoms with E-state index < -0.39 is 5.41 Å². The Morgan fingerprint density at radius 1 is 0.485 bits per heavy atom. The highest BCUT2D eigenvalue weighted by molar-refractivity contribution is 5.89. The van der Waals surface area contributed by atoms with Crippen LogP contribution >= 0.6 is 0 Å². The van der Waals surface area contributed by atoms with Crippen LogP contribution in [0.4, 0.5) is 17.1 Å². The molecule has 2 aliphatic carbocycles. The number of fused-ring (bicyclic) bond motifs is 4. The summed E-state index contributed by atoms with van der Waals surface area (Å²) in [5.74, 6) is 1.92. The monoisotopic (exact) mass is 853 g/mol. The summed E-state index contributed by atoms with van der Waals surface area (Å²) < 4.78 is 6.53. The molecule has 9 aromatic rings. The highest BCUT2D eigenvalue weighted by atomic mass is 16.5. The summed E-state index contributed by atoms with van der Waals surface area (Å²) in [6, 6.07) is 82.5. The Kier molecular flexibility index (Phi) is 11.2. The third kappa shape index (κ3) is 7.61. The van der Waals surface area contributed by atoms with E-state index in [2.05, 4.69) is 243 Å². The van der Waals surface area contributed by atoms with Gasteiger partial charge in [-0.2, -0.15) is 0 Å². The second kappa shape index (κ2) is 17.9. The van der Waals surface area contributed by atoms with Crippen LogP contribution in [0.2, 0.25) is 0 Å². The Balaban J connectivity index is 0.899. The molecule has 0 N–H and O–H groups in total. The third-order valence-electron chi connectivity index (χ3n) is 14.5. The predicted octanol–water partition coefficient (Wildman–Crippen LogP) is 16.6. The van der Waals surface area contributed by atoms with Gasteiger partial charge in [-0.15, -0.1) is 0 Å². The van der Waals surface area contributed by atoms with Crippen molar-refractivity contribution in [2.75, 3.05) is 4.90 Å². The molecule has 2 aliphatic rings. The van der Waals surface area contributed by atoms with Crippen molar-refractivity contribution < 1.29 is 4.74 Å². The first-order valence-electron chi connectivity index (χ1n) is 23.8. The molecule has 3 unspecified atom stereocenters. The summed E-state index contributed by atoms with van der Waals surface area (Å²) in [7, 11) is 0. The summed E-state index contributed by atoms with van der Waals surface area (Å²) in [4.78, 5) is 2.38. The van der Waals surface area contributed by atoms with E-state index in [1.54, 1.807) is 11.1 Å². The van der Waals surface area contributed by atoms with Gasteiger partial charge in [0.1, 0.15) is 12.4 Å². The van der Waals surface area contributed by atoms with E-state index in [-0.39, 0.29) is 0 Å². The quantitative estimate of drug-likeness (QED) is 0.108. The van der Waals surface area contributed by atoms with Crippen LogP contribution in [0.25, 0.3) is 22.3 Å². The SMILES string of the molecule is CCC(CC(C)c1ccc(COc2ccc(C3(c4ccccc4)c4ccccc4-c4ccc(N(c5ccccc5)c5ccc(-c6ccccc6)cc5)cc43)cc2)cc1)c1ccc2c(c1)CC2. The Labute approximate surface area is 390 Å². The maximum atomic E-state index is 6.53. The molecule has 2 heteroatoms. The third-order valence-corrected chi connectivity index (χ3v) is 14.5. The number of aryl methyl sites for hydroxylation is 2. The molecule has 0 aromatic heterocycles. The van der Waals surface area contributed by atoms with Gasteiger partial charge in [0.05, 0.1) is 5.41 Å². The Morgan fingerprint density at radius 3 is 1.77 bits per heavy atom. The second-order valence-electron chi connectivity index (χ2n) is 18.3. The fraction of sp³-hybridized carbons (Fsp3) is 0.156. The van der Waals surface area contributed by atoms with Crippen LogP contribution in [-0.2, 0) is 24.9 Å². The van der Waals surface area contributed by atoms with E-state index in [1.165, 1.54) is 74.0 Å². The summed E-state index contributed by atoms with van der Waals surface area (Å²) in [6.07, 6.45) is 4.80. The Hall–Kier alpha value is -7.42. The van der Waals surface area contributed by atoms with Gasteiger partial charge in [0.25, 0.3) is 0 Å². The minimum Gasteiger partial charge on any atom is -0.489 e. The van der Waals surface area contributed by atoms with E-state index in [0.717, 1.165) is 35.7 Å². The molecule has 322 valence electrons. The first-order chi connectivity index (χ1) is 32.6. The van der Waals surface area contributed by atoms with Crippen molar-refractivity contribution in [2.24, 2.45) is 0 Å². The summed E-state index contributed by atoms with van der Waals surface area (Å²) in [5, 5.41) is 0. The molecule has 3 atom stereocenters. The minimum atomic E-state index is -0.564. The predicted molar refractivity (Wildman–Crippen MR) is 275 cm³/mol. The lowest BCUT2D eigenvalue weighted by molar-refractivity contribution is 0.306. The molecule has 0 amide bonds. The lowest BCUT2D eigenvalue weighted by Gasteiger charge is -2.35. The number of rotatable bonds is 14. The van der Waals surface area contributed by atoms with Crippen molar-refractivity contribution in [1.82, 2.24) is 0 Å². The van der Waals surface area contributed by atoms with Crippen molar-refractivity contribution in [1.29, 1.82) is 0 Å². The van der Waals surface area contributed by atoms with Crippen molar-refractivity contribution >= 4 is 17.1 Å². The van der Waals surface area contributed by atoms with Gasteiger partial charge in [-0.25, -0.2) is 0 Å². The van der Waals surface area contributed by atoms with E-state index in [4.69, 9.17) is 4.74 Å². The van der Waals surface area contributed by atoms with Gasteiger partial charge in [-0.05, 0) is 158 Å². The van der Waals surface area contributed by atoms with Crippen molar-refractivity contribution in [2.45, 2.75) is 63.4 Å². The molecule has 0 radical (unpaired) electrons. The number of benzene rings is 9. The van der Waals surface area contributed by atoms with Gasteiger partial charge in [0, 0.05) is 17.1 Å². The normalized spacial score (nSPS) is 15.4. The molecule has 9 aromatic carbocycles. The van der Waals surface area contributed by atoms with Crippen LogP contribution in [0.1, 0.15) is 88.6 Å². The fourth-order valence-corrected chi connectivity index (χ4v) is 10.8. The van der Waals surface area contributed by atoms with Gasteiger partial charge >= 0.3 is 0 Å². The van der Waals surface area contributed by atoms with E-state index >= 15 is 0 Å². The molecule has 0 saturated carbocycles. The van der Waals surface area contributed by atoms with Gasteiger partial charge in [-0.1, -0.05) is 190 Å². The molecule has 66 heavy (non-hydrogen) atoms. The Bertz CT molecular complexity index is 3090. The second-order valence-corrected chi connectivity index (χ2v) is 18.3. The molecule has 0 fully saturated rings. The standard InChI is InChI=1S/C64H55NO/c1-3-47(52-29-27-51-28-30-53(51)42-52)41-45(2)48-25-23-46(24-26-48)44-66-59-38-33-55(34-39-59)64(54-17-9-5-10-18-54)62-22-14-13-21-60(62)61-40-37-58(43-63(61)64)65(56-19-11-6-12-20-56)57-35-31-50(32-36-57)49-15-7-4-8-16-49/h4-27,29,31-40,42-43,45,47H,3,28,30,41,44H2,1-2H3. The first-order valence-corrected chi connectivity index (χ1v) is 23.8. The summed E-state index contributed by atoms with van der Waals surface area (Å²) >= 11 is 0. The lowest BCUT2D eigenvalue weighted by atomic mass is 9.67. The molecule has 2 nitrogen and oxygen atoms in total. The topological polar surface area (TPSA) is 12.5 Å². The molecule has 11 rings (SSSR count). The first kappa shape index (κ1) is 41.3. The van der Waals surface area contributed by atoms with Gasteiger partial charge in [-0.3, -0.25) is 0 Å². The number of ether oxygens (including phenoxy) is 1. The average molecular weight is 854 g/mol. The molecular weight excluding hydrogens is 799 g/mol. The van der Waals surface area contributed by atoms with Crippen LogP contribution in [0.3, 0.4) is 0 Å². The van der Waals surface area contributed by atoms with Crippen molar-refractivity contribution in [3.8, 4) is 28.0 Å². The molecule has 0 heterocycles. The number of hydrogen-bond donors (Lipinski definition) is 0. The molecule has 0 aliphatic heterocycles. The highest BCUT2D eigenvalue weighted by Gasteiger charge is 2.46. The molecular formula is C64H55NO. The number of anilines is 3. The summed E-state index contributed by atoms with van der Waals surface area (Å²) in [6.45, 7) is 5.23. The van der Waals surface area contributed by atoms with E-state index in [0.29, 0.717) is 18.4 Å². The van der Waals surface area contributed by atoms with Crippen LogP contribution in [0.15, 0.2) is 224 Å². The largest absolute Gasteiger partial charge is 0.489 e. The average Bonchev–Trinajstić information content (AvgIpc) is 3.67. The number of para-hydroxylation sites is 1.